The number of carboxylic acid groups (broad SMARTS) is 1. The molecule has 110 valence electrons. The quantitative estimate of drug-likeness (QED) is 0.891. The topological polar surface area (TPSA) is 75.6 Å². The van der Waals surface area contributed by atoms with Crippen LogP contribution in [0.5, 0.6) is 0 Å². The number of nitrogens with one attached hydrogen (secondary N) is 1. The Morgan fingerprint density at radius 1 is 1.50 bits per heavy atom. The van der Waals surface area contributed by atoms with E-state index in [2.05, 4.69) is 5.32 Å². The van der Waals surface area contributed by atoms with Crippen LogP contribution < -0.4 is 5.32 Å². The molecule has 0 bridgehead atoms. The highest BCUT2D eigenvalue weighted by Gasteiger charge is 2.31. The van der Waals surface area contributed by atoms with E-state index in [0.717, 1.165) is 23.3 Å². The molecule has 5 nitrogen and oxygen atoms in total. The first-order valence-electron chi connectivity index (χ1n) is 6.67. The molecule has 0 saturated carbocycles. The molecule has 2 N–H and O–H groups in total. The number of aliphatic carboxylic acids is 1. The fourth-order valence-corrected chi connectivity index (χ4v) is 3.24. The molecule has 0 spiro atoms. The summed E-state index contributed by atoms with van der Waals surface area (Å²) in [5.41, 5.74) is 1.05. The zero-order valence-corrected chi connectivity index (χ0v) is 12.5. The Bertz CT molecular complexity index is 486. The van der Waals surface area contributed by atoms with Crippen LogP contribution in [0.3, 0.4) is 0 Å². The number of carbonyl (C=O) groups is 2. The Morgan fingerprint density at radius 2 is 2.25 bits per heavy atom. The molecular weight excluding hydrogens is 278 g/mol. The lowest BCUT2D eigenvalue weighted by Gasteiger charge is -2.27. The summed E-state index contributed by atoms with van der Waals surface area (Å²) in [4.78, 5) is 25.2. The molecule has 1 aliphatic heterocycles. The van der Waals surface area contributed by atoms with Crippen molar-refractivity contribution in [3.63, 3.8) is 0 Å². The first-order valence-corrected chi connectivity index (χ1v) is 7.49. The highest BCUT2D eigenvalue weighted by Crippen LogP contribution is 2.22. The van der Waals surface area contributed by atoms with Crippen molar-refractivity contribution < 1.29 is 19.4 Å². The standard InChI is InChI=1S/C14H19NO4S/c1-8-6-11(20-9(8)2)13(16)15-12(14(17)18)10-4-3-5-19-7-10/h6,10,12H,3-5,7H2,1-2H3,(H,15,16)(H,17,18). The number of carboxylic acids is 1. The first-order chi connectivity index (χ1) is 9.49. The van der Waals surface area contributed by atoms with Crippen LogP contribution in [-0.2, 0) is 9.53 Å². The summed E-state index contributed by atoms with van der Waals surface area (Å²) < 4.78 is 5.31. The largest absolute Gasteiger partial charge is 0.480 e. The van der Waals surface area contributed by atoms with Crippen LogP contribution in [0.15, 0.2) is 6.07 Å². The Labute approximate surface area is 121 Å². The first kappa shape index (κ1) is 15.0. The second-order valence-electron chi connectivity index (χ2n) is 5.12. The Balaban J connectivity index is 2.07. The number of amides is 1. The smallest absolute Gasteiger partial charge is 0.326 e. The molecule has 2 rings (SSSR count). The predicted octanol–water partition coefficient (Wildman–Crippen LogP) is 1.97. The summed E-state index contributed by atoms with van der Waals surface area (Å²) in [6, 6.07) is 0.913. The van der Waals surface area contributed by atoms with Crippen molar-refractivity contribution in [3.8, 4) is 0 Å². The fraction of sp³-hybridized carbons (Fsp3) is 0.571. The number of hydrogen-bond donors (Lipinski definition) is 2. The minimum Gasteiger partial charge on any atom is -0.480 e. The van der Waals surface area contributed by atoms with Crippen molar-refractivity contribution in [2.75, 3.05) is 13.2 Å². The lowest BCUT2D eigenvalue weighted by atomic mass is 9.93. The number of aryl methyl sites for hydroxylation is 2. The third kappa shape index (κ3) is 3.37. The minimum absolute atomic E-state index is 0.160. The van der Waals surface area contributed by atoms with E-state index in [1.54, 1.807) is 6.07 Å². The molecule has 1 aliphatic rings. The van der Waals surface area contributed by atoms with Gasteiger partial charge in [0.15, 0.2) is 0 Å². The third-order valence-corrected chi connectivity index (χ3v) is 4.76. The molecule has 2 unspecified atom stereocenters. The van der Waals surface area contributed by atoms with E-state index in [9.17, 15) is 14.7 Å². The zero-order valence-electron chi connectivity index (χ0n) is 11.6. The number of ether oxygens (including phenoxy) is 1. The van der Waals surface area contributed by atoms with E-state index >= 15 is 0 Å². The van der Waals surface area contributed by atoms with E-state index in [1.165, 1.54) is 11.3 Å². The molecule has 2 heterocycles. The molecule has 1 aromatic heterocycles. The highest BCUT2D eigenvalue weighted by atomic mass is 32.1. The van der Waals surface area contributed by atoms with E-state index in [0.29, 0.717) is 18.1 Å². The monoisotopic (exact) mass is 297 g/mol. The van der Waals surface area contributed by atoms with Gasteiger partial charge in [-0.1, -0.05) is 0 Å². The molecule has 1 amide bonds. The Hall–Kier alpha value is -1.40. The van der Waals surface area contributed by atoms with Gasteiger partial charge in [-0.05, 0) is 38.3 Å². The molecule has 20 heavy (non-hydrogen) atoms. The van der Waals surface area contributed by atoms with Crippen LogP contribution >= 0.6 is 11.3 Å². The van der Waals surface area contributed by atoms with Gasteiger partial charge in [0.25, 0.3) is 5.91 Å². The molecule has 1 fully saturated rings. The van der Waals surface area contributed by atoms with Crippen molar-refractivity contribution in [2.45, 2.75) is 32.7 Å². The van der Waals surface area contributed by atoms with Crippen molar-refractivity contribution >= 4 is 23.2 Å². The highest BCUT2D eigenvalue weighted by molar-refractivity contribution is 7.14. The number of carbonyl (C=O) groups excluding carboxylic acids is 1. The van der Waals surface area contributed by atoms with Crippen LogP contribution in [-0.4, -0.2) is 36.2 Å². The molecule has 0 aliphatic carbocycles. The van der Waals surface area contributed by atoms with E-state index in [1.807, 2.05) is 13.8 Å². The summed E-state index contributed by atoms with van der Waals surface area (Å²) in [7, 11) is 0. The average Bonchev–Trinajstić information content (AvgIpc) is 2.76. The van der Waals surface area contributed by atoms with Crippen molar-refractivity contribution in [3.05, 3.63) is 21.4 Å². The van der Waals surface area contributed by atoms with Crippen LogP contribution in [0, 0.1) is 19.8 Å². The molecule has 6 heteroatoms. The van der Waals surface area contributed by atoms with Crippen molar-refractivity contribution in [1.82, 2.24) is 5.32 Å². The van der Waals surface area contributed by atoms with Gasteiger partial charge in [-0.25, -0.2) is 4.79 Å². The van der Waals surface area contributed by atoms with Gasteiger partial charge in [0.2, 0.25) is 0 Å². The zero-order chi connectivity index (χ0) is 14.7. The lowest BCUT2D eigenvalue weighted by Crippen LogP contribution is -2.48. The van der Waals surface area contributed by atoms with Crippen molar-refractivity contribution in [2.24, 2.45) is 5.92 Å². The number of hydrogen-bond acceptors (Lipinski definition) is 4. The van der Waals surface area contributed by atoms with Gasteiger partial charge in [0.05, 0.1) is 11.5 Å². The summed E-state index contributed by atoms with van der Waals surface area (Å²) in [6.07, 6.45) is 1.60. The Morgan fingerprint density at radius 3 is 2.75 bits per heavy atom. The van der Waals surface area contributed by atoms with Gasteiger partial charge in [0, 0.05) is 17.4 Å². The summed E-state index contributed by atoms with van der Waals surface area (Å²) in [5, 5.41) is 11.9. The van der Waals surface area contributed by atoms with Gasteiger partial charge >= 0.3 is 5.97 Å². The van der Waals surface area contributed by atoms with Gasteiger partial charge < -0.3 is 15.2 Å². The van der Waals surface area contributed by atoms with Crippen LogP contribution in [0.25, 0.3) is 0 Å². The second kappa shape index (κ2) is 6.37. The van der Waals surface area contributed by atoms with Gasteiger partial charge in [0.1, 0.15) is 6.04 Å². The van der Waals surface area contributed by atoms with E-state index in [-0.39, 0.29) is 11.8 Å². The molecule has 2 atom stereocenters. The van der Waals surface area contributed by atoms with Crippen molar-refractivity contribution in [1.29, 1.82) is 0 Å². The maximum Gasteiger partial charge on any atom is 0.326 e. The fourth-order valence-electron chi connectivity index (χ4n) is 2.31. The average molecular weight is 297 g/mol. The molecule has 1 aromatic rings. The minimum atomic E-state index is -1.00. The normalized spacial score (nSPS) is 20.4. The lowest BCUT2D eigenvalue weighted by molar-refractivity contribution is -0.142. The third-order valence-electron chi connectivity index (χ3n) is 3.61. The predicted molar refractivity (Wildman–Crippen MR) is 76.2 cm³/mol. The molecule has 0 aromatic carbocycles. The number of thiophene rings is 1. The van der Waals surface area contributed by atoms with Gasteiger partial charge in [-0.3, -0.25) is 4.79 Å². The molecule has 1 saturated heterocycles. The maximum absolute atomic E-state index is 12.2. The summed E-state index contributed by atoms with van der Waals surface area (Å²) in [6.45, 7) is 4.94. The van der Waals surface area contributed by atoms with Gasteiger partial charge in [-0.2, -0.15) is 0 Å². The Kier molecular flexibility index (Phi) is 4.77. The van der Waals surface area contributed by atoms with E-state index < -0.39 is 12.0 Å². The van der Waals surface area contributed by atoms with Gasteiger partial charge in [-0.15, -0.1) is 11.3 Å². The van der Waals surface area contributed by atoms with Crippen LogP contribution in [0.4, 0.5) is 0 Å². The molecule has 0 radical (unpaired) electrons. The molecular formula is C14H19NO4S. The number of rotatable bonds is 4. The SMILES string of the molecule is Cc1cc(C(=O)NC(C(=O)O)C2CCCOC2)sc1C. The summed E-state index contributed by atoms with van der Waals surface area (Å²) in [5.74, 6) is -1.48. The van der Waals surface area contributed by atoms with Crippen LogP contribution in [0.1, 0.15) is 33.0 Å². The second-order valence-corrected chi connectivity index (χ2v) is 6.37. The maximum atomic E-state index is 12.2. The summed E-state index contributed by atoms with van der Waals surface area (Å²) >= 11 is 1.39. The van der Waals surface area contributed by atoms with E-state index in [4.69, 9.17) is 4.74 Å². The van der Waals surface area contributed by atoms with Crippen LogP contribution in [0.2, 0.25) is 0 Å².